The first-order chi connectivity index (χ1) is 15.1. The first-order valence-corrected chi connectivity index (χ1v) is 11.5. The van der Waals surface area contributed by atoms with Crippen molar-refractivity contribution in [1.82, 2.24) is 5.32 Å². The third kappa shape index (κ3) is 4.30. The van der Waals surface area contributed by atoms with Gasteiger partial charge >= 0.3 is 5.63 Å². The zero-order chi connectivity index (χ0) is 23.0. The van der Waals surface area contributed by atoms with Crippen molar-refractivity contribution < 1.29 is 22.0 Å². The van der Waals surface area contributed by atoms with Crippen LogP contribution in [0.4, 0.5) is 0 Å². The number of primary sulfonamides is 1. The van der Waals surface area contributed by atoms with Gasteiger partial charge in [0.1, 0.15) is 11.2 Å². The quantitative estimate of drug-likeness (QED) is 0.430. The van der Waals surface area contributed by atoms with Crippen LogP contribution >= 0.6 is 0 Å². The number of carbonyl (C=O) groups excluding carboxylic acids is 1. The number of nitrogens with one attached hydrogen (secondary N) is 1. The van der Waals surface area contributed by atoms with Crippen LogP contribution in [-0.2, 0) is 27.8 Å². The summed E-state index contributed by atoms with van der Waals surface area (Å²) < 4.78 is 33.6. The average Bonchev–Trinajstić information content (AvgIpc) is 3.10. The van der Waals surface area contributed by atoms with Crippen molar-refractivity contribution in [2.24, 2.45) is 5.14 Å². The van der Waals surface area contributed by atoms with Gasteiger partial charge in [-0.3, -0.25) is 4.79 Å². The molecule has 0 atom stereocenters. The van der Waals surface area contributed by atoms with Gasteiger partial charge in [0, 0.05) is 35.4 Å². The van der Waals surface area contributed by atoms with E-state index in [-0.39, 0.29) is 30.2 Å². The SMILES string of the molecule is Cc1coc2cc3oc(=O)c(CCC(=O)NCc4ccc(S(N)(=O)=O)cc4)c(C)c3cc12. The number of sulfonamides is 1. The standard InChI is InChI=1S/C23H22N2O6S/c1-13-12-30-20-10-21-19(9-18(13)20)14(2)17(23(27)31-21)7-8-22(26)25-11-15-3-5-16(6-4-15)32(24,28)29/h3-6,9-10,12H,7-8,11H2,1-2H3,(H,25,26)(H2,24,28,29). The van der Waals surface area contributed by atoms with Gasteiger partial charge in [-0.25, -0.2) is 18.4 Å². The van der Waals surface area contributed by atoms with E-state index in [4.69, 9.17) is 14.0 Å². The molecule has 0 aliphatic heterocycles. The lowest BCUT2D eigenvalue weighted by Gasteiger charge is -2.09. The van der Waals surface area contributed by atoms with Gasteiger partial charge in [0.05, 0.1) is 11.2 Å². The molecule has 0 radical (unpaired) electrons. The van der Waals surface area contributed by atoms with Crippen molar-refractivity contribution >= 4 is 37.9 Å². The van der Waals surface area contributed by atoms with Crippen LogP contribution in [0.5, 0.6) is 0 Å². The highest BCUT2D eigenvalue weighted by Crippen LogP contribution is 2.29. The second-order valence-corrected chi connectivity index (χ2v) is 9.28. The predicted molar refractivity (Wildman–Crippen MR) is 120 cm³/mol. The van der Waals surface area contributed by atoms with Crippen LogP contribution in [-0.4, -0.2) is 14.3 Å². The Hall–Kier alpha value is -3.43. The van der Waals surface area contributed by atoms with E-state index in [1.54, 1.807) is 24.5 Å². The predicted octanol–water partition coefficient (Wildman–Crippen LogP) is 3.05. The van der Waals surface area contributed by atoms with Crippen LogP contribution in [0.15, 0.2) is 61.2 Å². The van der Waals surface area contributed by atoms with Crippen LogP contribution in [0, 0.1) is 13.8 Å². The van der Waals surface area contributed by atoms with Crippen molar-refractivity contribution in [1.29, 1.82) is 0 Å². The summed E-state index contributed by atoms with van der Waals surface area (Å²) in [7, 11) is -3.76. The first-order valence-electron chi connectivity index (χ1n) is 9.96. The molecular formula is C23H22N2O6S. The Labute approximate surface area is 184 Å². The molecule has 8 nitrogen and oxygen atoms in total. The maximum absolute atomic E-state index is 12.5. The second-order valence-electron chi connectivity index (χ2n) is 7.72. The lowest BCUT2D eigenvalue weighted by atomic mass is 10.0. The van der Waals surface area contributed by atoms with Gasteiger partial charge in [-0.05, 0) is 55.2 Å². The molecule has 1 amide bonds. The van der Waals surface area contributed by atoms with Crippen molar-refractivity contribution in [3.05, 3.63) is 75.3 Å². The Morgan fingerprint density at radius 2 is 1.78 bits per heavy atom. The molecule has 3 N–H and O–H groups in total. The van der Waals surface area contributed by atoms with Crippen molar-refractivity contribution in [2.75, 3.05) is 0 Å². The van der Waals surface area contributed by atoms with E-state index in [2.05, 4.69) is 5.32 Å². The minimum atomic E-state index is -3.76. The Morgan fingerprint density at radius 3 is 2.47 bits per heavy atom. The molecule has 2 aromatic heterocycles. The summed E-state index contributed by atoms with van der Waals surface area (Å²) in [6.45, 7) is 4.02. The largest absolute Gasteiger partial charge is 0.464 e. The monoisotopic (exact) mass is 454 g/mol. The molecule has 0 spiro atoms. The van der Waals surface area contributed by atoms with E-state index in [1.165, 1.54) is 12.1 Å². The fourth-order valence-corrected chi connectivity index (χ4v) is 4.17. The van der Waals surface area contributed by atoms with Crippen LogP contribution in [0.2, 0.25) is 0 Å². The Bertz CT molecular complexity index is 1500. The molecule has 0 saturated carbocycles. The topological polar surface area (TPSA) is 133 Å². The number of rotatable bonds is 6. The van der Waals surface area contributed by atoms with Crippen LogP contribution in [0.3, 0.4) is 0 Å². The highest BCUT2D eigenvalue weighted by atomic mass is 32.2. The number of benzene rings is 2. The van der Waals surface area contributed by atoms with Gasteiger partial charge < -0.3 is 14.2 Å². The molecule has 0 aliphatic carbocycles. The Kier molecular flexibility index (Phi) is 5.62. The van der Waals surface area contributed by atoms with Crippen molar-refractivity contribution in [3.8, 4) is 0 Å². The summed E-state index contributed by atoms with van der Waals surface area (Å²) in [6.07, 6.45) is 2.01. The minimum Gasteiger partial charge on any atom is -0.464 e. The van der Waals surface area contributed by atoms with Crippen LogP contribution in [0.1, 0.15) is 28.7 Å². The highest BCUT2D eigenvalue weighted by molar-refractivity contribution is 7.89. The normalized spacial score (nSPS) is 11.8. The minimum absolute atomic E-state index is 0.00831. The molecule has 2 heterocycles. The summed E-state index contributed by atoms with van der Waals surface area (Å²) in [4.78, 5) is 24.8. The second kappa shape index (κ2) is 8.25. The van der Waals surface area contributed by atoms with E-state index in [1.807, 2.05) is 19.9 Å². The summed E-state index contributed by atoms with van der Waals surface area (Å²) in [5.74, 6) is -0.236. The van der Waals surface area contributed by atoms with E-state index in [9.17, 15) is 18.0 Å². The summed E-state index contributed by atoms with van der Waals surface area (Å²) >= 11 is 0. The Morgan fingerprint density at radius 1 is 1.06 bits per heavy atom. The number of fused-ring (bicyclic) bond motifs is 2. The molecule has 32 heavy (non-hydrogen) atoms. The molecule has 2 aromatic carbocycles. The fraction of sp³-hybridized carbons (Fsp3) is 0.217. The number of aryl methyl sites for hydroxylation is 2. The Balaban J connectivity index is 1.46. The number of hydrogen-bond acceptors (Lipinski definition) is 6. The van der Waals surface area contributed by atoms with Gasteiger partial charge in [-0.2, -0.15) is 0 Å². The molecule has 166 valence electrons. The summed E-state index contributed by atoms with van der Waals surface area (Å²) in [5.41, 5.74) is 3.60. The number of amides is 1. The zero-order valence-electron chi connectivity index (χ0n) is 17.6. The maximum atomic E-state index is 12.5. The van der Waals surface area contributed by atoms with E-state index in [0.29, 0.717) is 16.7 Å². The molecule has 4 rings (SSSR count). The van der Waals surface area contributed by atoms with Gasteiger partial charge in [0.25, 0.3) is 0 Å². The lowest BCUT2D eigenvalue weighted by molar-refractivity contribution is -0.121. The van der Waals surface area contributed by atoms with E-state index >= 15 is 0 Å². The zero-order valence-corrected chi connectivity index (χ0v) is 18.4. The van der Waals surface area contributed by atoms with Gasteiger partial charge in [-0.15, -0.1) is 0 Å². The van der Waals surface area contributed by atoms with Crippen LogP contribution in [0.25, 0.3) is 21.9 Å². The average molecular weight is 455 g/mol. The van der Waals surface area contributed by atoms with E-state index < -0.39 is 15.6 Å². The number of furan rings is 1. The number of carbonyl (C=O) groups is 1. The molecule has 0 unspecified atom stereocenters. The number of nitrogens with two attached hydrogens (primary N) is 1. The molecule has 0 saturated heterocycles. The first kappa shape index (κ1) is 21.8. The van der Waals surface area contributed by atoms with Gasteiger partial charge in [0.2, 0.25) is 15.9 Å². The molecular weight excluding hydrogens is 432 g/mol. The van der Waals surface area contributed by atoms with Crippen molar-refractivity contribution in [2.45, 2.75) is 38.1 Å². The van der Waals surface area contributed by atoms with Crippen LogP contribution < -0.4 is 16.1 Å². The lowest BCUT2D eigenvalue weighted by Crippen LogP contribution is -2.24. The molecule has 9 heteroatoms. The summed E-state index contributed by atoms with van der Waals surface area (Å²) in [6, 6.07) is 9.60. The molecule has 4 aromatic rings. The third-order valence-electron chi connectivity index (χ3n) is 5.52. The molecule has 0 aliphatic rings. The van der Waals surface area contributed by atoms with Gasteiger partial charge in [0.15, 0.2) is 0 Å². The molecule has 0 bridgehead atoms. The van der Waals surface area contributed by atoms with Crippen molar-refractivity contribution in [3.63, 3.8) is 0 Å². The third-order valence-corrected chi connectivity index (χ3v) is 6.45. The summed E-state index contributed by atoms with van der Waals surface area (Å²) in [5, 5.41) is 9.61. The fourth-order valence-electron chi connectivity index (χ4n) is 3.65. The highest BCUT2D eigenvalue weighted by Gasteiger charge is 2.15. The number of hydrogen-bond donors (Lipinski definition) is 2. The smallest absolute Gasteiger partial charge is 0.339 e. The molecule has 0 fully saturated rings. The maximum Gasteiger partial charge on any atom is 0.339 e. The van der Waals surface area contributed by atoms with E-state index in [0.717, 1.165) is 27.5 Å². The van der Waals surface area contributed by atoms with Gasteiger partial charge in [-0.1, -0.05) is 12.1 Å².